The third-order valence-electron chi connectivity index (χ3n) is 5.15. The zero-order chi connectivity index (χ0) is 21.3. The monoisotopic (exact) mass is 402 g/mol. The summed E-state index contributed by atoms with van der Waals surface area (Å²) in [5.74, 6) is 2.10. The van der Waals surface area contributed by atoms with E-state index in [9.17, 15) is 4.79 Å². The maximum atomic E-state index is 12.8. The highest BCUT2D eigenvalue weighted by molar-refractivity contribution is 6.03. The Balaban J connectivity index is 1.75. The summed E-state index contributed by atoms with van der Waals surface area (Å²) in [5, 5.41) is 6.62. The van der Waals surface area contributed by atoms with Gasteiger partial charge in [0.15, 0.2) is 5.78 Å². The molecule has 30 heavy (non-hydrogen) atoms. The van der Waals surface area contributed by atoms with Crippen LogP contribution in [-0.4, -0.2) is 22.9 Å². The second kappa shape index (κ2) is 8.14. The first-order valence-corrected chi connectivity index (χ1v) is 10.1. The van der Waals surface area contributed by atoms with E-state index in [-0.39, 0.29) is 11.7 Å². The predicted octanol–water partition coefficient (Wildman–Crippen LogP) is 5.35. The van der Waals surface area contributed by atoms with Crippen LogP contribution in [-0.2, 0) is 6.42 Å². The highest BCUT2D eigenvalue weighted by atomic mass is 16.5. The normalized spacial score (nSPS) is 15.5. The van der Waals surface area contributed by atoms with Gasteiger partial charge in [0.05, 0.1) is 18.4 Å². The summed E-state index contributed by atoms with van der Waals surface area (Å²) in [7, 11) is 1.63. The van der Waals surface area contributed by atoms with Crippen LogP contribution in [0.3, 0.4) is 0 Å². The number of hydrogen-bond acceptors (Lipinski definition) is 6. The van der Waals surface area contributed by atoms with E-state index in [0.717, 1.165) is 40.4 Å². The molecule has 0 bridgehead atoms. The Morgan fingerprint density at radius 2 is 1.73 bits per heavy atom. The molecule has 2 aromatic carbocycles. The fourth-order valence-corrected chi connectivity index (χ4v) is 3.93. The van der Waals surface area contributed by atoms with Crippen molar-refractivity contribution in [2.45, 2.75) is 33.6 Å². The number of nitrogens with one attached hydrogen (secondary N) is 2. The first-order chi connectivity index (χ1) is 14.4. The van der Waals surface area contributed by atoms with Gasteiger partial charge in [-0.25, -0.2) is 4.98 Å². The molecule has 1 aliphatic rings. The third kappa shape index (κ3) is 4.27. The van der Waals surface area contributed by atoms with Crippen molar-refractivity contribution >= 4 is 28.9 Å². The number of rotatable bonds is 5. The molecule has 0 fully saturated rings. The fraction of sp³-hybridized carbons (Fsp3) is 0.292. The molecule has 0 saturated heterocycles. The van der Waals surface area contributed by atoms with E-state index >= 15 is 0 Å². The third-order valence-corrected chi connectivity index (χ3v) is 5.15. The molecule has 1 aromatic heterocycles. The van der Waals surface area contributed by atoms with E-state index in [1.54, 1.807) is 7.11 Å². The van der Waals surface area contributed by atoms with Crippen molar-refractivity contribution in [2.75, 3.05) is 17.7 Å². The molecule has 2 N–H and O–H groups in total. The van der Waals surface area contributed by atoms with Crippen molar-refractivity contribution in [3.63, 3.8) is 0 Å². The highest BCUT2D eigenvalue weighted by Crippen LogP contribution is 2.32. The molecule has 1 atom stereocenters. The Kier molecular flexibility index (Phi) is 5.40. The summed E-state index contributed by atoms with van der Waals surface area (Å²) < 4.78 is 5.30. The number of aryl methyl sites for hydroxylation is 2. The molecular formula is C24H26N4O2. The second-order valence-corrected chi connectivity index (χ2v) is 8.01. The molecule has 0 spiro atoms. The first-order valence-electron chi connectivity index (χ1n) is 10.1. The summed E-state index contributed by atoms with van der Waals surface area (Å²) in [6.45, 7) is 6.18. The number of nitrogens with zero attached hydrogens (tertiary/aromatic N) is 2. The lowest BCUT2D eigenvalue weighted by Gasteiger charge is -2.23. The highest BCUT2D eigenvalue weighted by Gasteiger charge is 2.28. The molecule has 6 nitrogen and oxygen atoms in total. The number of Topliss-reactive ketones (excluding diaryl/α,β-unsaturated/α-hetero) is 1. The minimum atomic E-state index is 0.0866. The van der Waals surface area contributed by atoms with Crippen molar-refractivity contribution in [1.82, 2.24) is 9.97 Å². The average Bonchev–Trinajstić information content (AvgIpc) is 2.66. The number of ether oxygens (including phenoxy) is 1. The lowest BCUT2D eigenvalue weighted by Crippen LogP contribution is -2.22. The van der Waals surface area contributed by atoms with E-state index in [2.05, 4.69) is 47.4 Å². The Morgan fingerprint density at radius 3 is 2.47 bits per heavy atom. The van der Waals surface area contributed by atoms with Crippen LogP contribution < -0.4 is 15.4 Å². The van der Waals surface area contributed by atoms with Crippen molar-refractivity contribution in [2.24, 2.45) is 5.92 Å². The second-order valence-electron chi connectivity index (χ2n) is 8.01. The molecule has 6 heteroatoms. The number of aromatic nitrogens is 2. The molecule has 4 rings (SSSR count). The van der Waals surface area contributed by atoms with Gasteiger partial charge in [0.1, 0.15) is 11.6 Å². The molecule has 1 aliphatic carbocycles. The molecule has 0 saturated carbocycles. The first kappa shape index (κ1) is 19.9. The van der Waals surface area contributed by atoms with E-state index < -0.39 is 0 Å². The summed E-state index contributed by atoms with van der Waals surface area (Å²) in [6, 6.07) is 13.8. The van der Waals surface area contributed by atoms with Crippen LogP contribution in [0.5, 0.6) is 5.75 Å². The van der Waals surface area contributed by atoms with E-state index in [1.807, 2.05) is 36.4 Å². The summed E-state index contributed by atoms with van der Waals surface area (Å²) >= 11 is 0. The number of methoxy groups -OCH3 is 1. The molecule has 0 aliphatic heterocycles. The summed E-state index contributed by atoms with van der Waals surface area (Å²) in [4.78, 5) is 22.2. The minimum Gasteiger partial charge on any atom is -0.497 e. The quantitative estimate of drug-likeness (QED) is 0.599. The molecular weight excluding hydrogens is 376 g/mol. The maximum absolute atomic E-state index is 12.8. The van der Waals surface area contributed by atoms with Gasteiger partial charge in [-0.05, 0) is 61.6 Å². The Hall–Kier alpha value is -3.41. The zero-order valence-corrected chi connectivity index (χ0v) is 17.7. The van der Waals surface area contributed by atoms with E-state index in [4.69, 9.17) is 4.74 Å². The molecule has 1 heterocycles. The van der Waals surface area contributed by atoms with Gasteiger partial charge in [-0.15, -0.1) is 0 Å². The van der Waals surface area contributed by atoms with Crippen LogP contribution in [0.2, 0.25) is 0 Å². The van der Waals surface area contributed by atoms with Gasteiger partial charge < -0.3 is 15.4 Å². The van der Waals surface area contributed by atoms with Gasteiger partial charge in [0.2, 0.25) is 5.95 Å². The lowest BCUT2D eigenvalue weighted by atomic mass is 9.87. The van der Waals surface area contributed by atoms with Crippen LogP contribution in [0.1, 0.15) is 40.5 Å². The Labute approximate surface area is 176 Å². The van der Waals surface area contributed by atoms with Crippen molar-refractivity contribution in [1.29, 1.82) is 0 Å². The van der Waals surface area contributed by atoms with Gasteiger partial charge in [0.25, 0.3) is 0 Å². The van der Waals surface area contributed by atoms with Crippen LogP contribution in [0.25, 0.3) is 0 Å². The lowest BCUT2D eigenvalue weighted by molar-refractivity contribution is 0.0953. The average molecular weight is 402 g/mol. The molecule has 3 aromatic rings. The largest absolute Gasteiger partial charge is 0.497 e. The number of carbonyl (C=O) groups is 1. The standard InChI is InChI=1S/C24H26N4O2/c1-14-8-15(2)10-18(9-14)25-23-22-20(11-16(3)12-21(22)29)27-24(28-23)26-17-6-5-7-19(13-17)30-4/h5-10,13,16H,11-12H2,1-4H3,(H2,25,26,27,28). The van der Waals surface area contributed by atoms with Gasteiger partial charge in [-0.1, -0.05) is 19.1 Å². The van der Waals surface area contributed by atoms with Crippen molar-refractivity contribution < 1.29 is 9.53 Å². The SMILES string of the molecule is COc1cccc(Nc2nc3c(c(Nc4cc(C)cc(C)c4)n2)C(=O)CC(C)C3)c1. The number of carbonyl (C=O) groups excluding carboxylic acids is 1. The topological polar surface area (TPSA) is 76.1 Å². The van der Waals surface area contributed by atoms with Crippen LogP contribution in [0, 0.1) is 19.8 Å². The predicted molar refractivity (Wildman–Crippen MR) is 119 cm³/mol. The number of benzene rings is 2. The molecule has 1 unspecified atom stereocenters. The van der Waals surface area contributed by atoms with E-state index in [0.29, 0.717) is 23.8 Å². The Morgan fingerprint density at radius 1 is 0.967 bits per heavy atom. The number of ketones is 1. The minimum absolute atomic E-state index is 0.0866. The number of fused-ring (bicyclic) bond motifs is 1. The van der Waals surface area contributed by atoms with E-state index in [1.165, 1.54) is 0 Å². The fourth-order valence-electron chi connectivity index (χ4n) is 3.93. The van der Waals surface area contributed by atoms with Crippen molar-refractivity contribution in [3.05, 3.63) is 64.8 Å². The molecule has 0 radical (unpaired) electrons. The Bertz CT molecular complexity index is 1090. The van der Waals surface area contributed by atoms with Gasteiger partial charge in [0, 0.05) is 23.9 Å². The van der Waals surface area contributed by atoms with Crippen LogP contribution in [0.4, 0.5) is 23.1 Å². The maximum Gasteiger partial charge on any atom is 0.229 e. The number of anilines is 4. The van der Waals surface area contributed by atoms with Crippen LogP contribution >= 0.6 is 0 Å². The summed E-state index contributed by atoms with van der Waals surface area (Å²) in [5.41, 5.74) is 5.41. The van der Waals surface area contributed by atoms with Gasteiger partial charge in [-0.3, -0.25) is 4.79 Å². The smallest absolute Gasteiger partial charge is 0.229 e. The number of hydrogen-bond donors (Lipinski definition) is 2. The summed E-state index contributed by atoms with van der Waals surface area (Å²) in [6.07, 6.45) is 1.26. The zero-order valence-electron chi connectivity index (χ0n) is 17.7. The van der Waals surface area contributed by atoms with Crippen molar-refractivity contribution in [3.8, 4) is 5.75 Å². The molecule has 0 amide bonds. The van der Waals surface area contributed by atoms with Gasteiger partial charge >= 0.3 is 0 Å². The van der Waals surface area contributed by atoms with Gasteiger partial charge in [-0.2, -0.15) is 4.98 Å². The molecule has 154 valence electrons. The van der Waals surface area contributed by atoms with Crippen LogP contribution in [0.15, 0.2) is 42.5 Å².